The van der Waals surface area contributed by atoms with Crippen LogP contribution in [0.25, 0.3) is 0 Å². The minimum Gasteiger partial charge on any atom is -0.379 e. The number of rotatable bonds is 6. The Bertz CT molecular complexity index is 314. The summed E-state index contributed by atoms with van der Waals surface area (Å²) in [5.74, 6) is 0. The highest BCUT2D eigenvalue weighted by atomic mass is 16.5. The van der Waals surface area contributed by atoms with Crippen LogP contribution < -0.4 is 5.32 Å². The average Bonchev–Trinajstić information content (AvgIpc) is 3.02. The van der Waals surface area contributed by atoms with Crippen molar-refractivity contribution in [3.8, 4) is 0 Å². The molecule has 5 heteroatoms. The summed E-state index contributed by atoms with van der Waals surface area (Å²) in [4.78, 5) is 13.8. The third-order valence-corrected chi connectivity index (χ3v) is 4.03. The van der Waals surface area contributed by atoms with Gasteiger partial charge in [-0.1, -0.05) is 13.8 Å². The van der Waals surface area contributed by atoms with Gasteiger partial charge in [0.2, 0.25) is 0 Å². The lowest BCUT2D eigenvalue weighted by Crippen LogP contribution is -2.39. The molecule has 5 nitrogen and oxygen atoms in total. The molecule has 2 aliphatic rings. The standard InChI is InChI=1S/C15H28N2O3/c1-15(2)6-8-17(12-15)14(18)16-7-4-9-19-11-13-5-3-10-20-13/h13H,3-12H2,1-2H3,(H,16,18). The summed E-state index contributed by atoms with van der Waals surface area (Å²) in [5.41, 5.74) is 0.266. The Morgan fingerprint density at radius 2 is 2.35 bits per heavy atom. The molecule has 0 spiro atoms. The smallest absolute Gasteiger partial charge is 0.317 e. The van der Waals surface area contributed by atoms with Crippen molar-refractivity contribution in [2.24, 2.45) is 5.41 Å². The van der Waals surface area contributed by atoms with Crippen LogP contribution in [0.1, 0.15) is 39.5 Å². The van der Waals surface area contributed by atoms with Crippen molar-refractivity contribution in [3.05, 3.63) is 0 Å². The van der Waals surface area contributed by atoms with Crippen molar-refractivity contribution in [1.82, 2.24) is 10.2 Å². The van der Waals surface area contributed by atoms with Crippen LogP contribution in [0.4, 0.5) is 4.79 Å². The van der Waals surface area contributed by atoms with Gasteiger partial charge in [-0.25, -0.2) is 4.79 Å². The first kappa shape index (κ1) is 15.6. The van der Waals surface area contributed by atoms with E-state index in [0.717, 1.165) is 45.4 Å². The fourth-order valence-electron chi connectivity index (χ4n) is 2.76. The van der Waals surface area contributed by atoms with E-state index in [9.17, 15) is 4.79 Å². The number of carbonyl (C=O) groups excluding carboxylic acids is 1. The maximum Gasteiger partial charge on any atom is 0.317 e. The summed E-state index contributed by atoms with van der Waals surface area (Å²) in [6.07, 6.45) is 4.50. The maximum atomic E-state index is 11.9. The monoisotopic (exact) mass is 284 g/mol. The highest BCUT2D eigenvalue weighted by Gasteiger charge is 2.31. The number of likely N-dealkylation sites (tertiary alicyclic amines) is 1. The van der Waals surface area contributed by atoms with Crippen molar-refractivity contribution in [2.75, 3.05) is 39.5 Å². The molecule has 0 aliphatic carbocycles. The molecule has 2 amide bonds. The van der Waals surface area contributed by atoms with Gasteiger partial charge in [0, 0.05) is 32.8 Å². The Morgan fingerprint density at radius 3 is 3.00 bits per heavy atom. The zero-order valence-corrected chi connectivity index (χ0v) is 12.8. The highest BCUT2D eigenvalue weighted by molar-refractivity contribution is 5.74. The first-order valence-electron chi connectivity index (χ1n) is 7.79. The number of urea groups is 1. The molecule has 2 saturated heterocycles. The zero-order chi connectivity index (χ0) is 14.4. The molecule has 2 heterocycles. The second kappa shape index (κ2) is 7.27. The maximum absolute atomic E-state index is 11.9. The van der Waals surface area contributed by atoms with E-state index in [-0.39, 0.29) is 17.6 Å². The molecule has 0 bridgehead atoms. The summed E-state index contributed by atoms with van der Waals surface area (Å²) in [6, 6.07) is 0.0645. The van der Waals surface area contributed by atoms with Crippen LogP contribution in [-0.4, -0.2) is 56.5 Å². The number of hydrogen-bond donors (Lipinski definition) is 1. The van der Waals surface area contributed by atoms with Gasteiger partial charge in [0.15, 0.2) is 0 Å². The first-order valence-corrected chi connectivity index (χ1v) is 7.79. The van der Waals surface area contributed by atoms with Gasteiger partial charge in [0.1, 0.15) is 0 Å². The second-order valence-electron chi connectivity index (χ2n) is 6.63. The summed E-state index contributed by atoms with van der Waals surface area (Å²) < 4.78 is 11.1. The fraction of sp³-hybridized carbons (Fsp3) is 0.933. The van der Waals surface area contributed by atoms with E-state index in [0.29, 0.717) is 19.8 Å². The molecule has 2 fully saturated rings. The van der Waals surface area contributed by atoms with Crippen molar-refractivity contribution in [2.45, 2.75) is 45.6 Å². The van der Waals surface area contributed by atoms with Gasteiger partial charge in [-0.3, -0.25) is 0 Å². The van der Waals surface area contributed by atoms with Gasteiger partial charge < -0.3 is 19.7 Å². The molecule has 1 N–H and O–H groups in total. The molecule has 20 heavy (non-hydrogen) atoms. The molecule has 116 valence electrons. The Balaban J connectivity index is 1.47. The van der Waals surface area contributed by atoms with Crippen LogP contribution in [0.3, 0.4) is 0 Å². The van der Waals surface area contributed by atoms with Gasteiger partial charge in [-0.2, -0.15) is 0 Å². The fourth-order valence-corrected chi connectivity index (χ4v) is 2.76. The van der Waals surface area contributed by atoms with Crippen molar-refractivity contribution in [3.63, 3.8) is 0 Å². The summed E-state index contributed by atoms with van der Waals surface area (Å²) >= 11 is 0. The highest BCUT2D eigenvalue weighted by Crippen LogP contribution is 2.28. The summed E-state index contributed by atoms with van der Waals surface area (Å²) in [6.45, 7) is 9.07. The average molecular weight is 284 g/mol. The lowest BCUT2D eigenvalue weighted by molar-refractivity contribution is 0.0167. The minimum atomic E-state index is 0.0645. The number of hydrogen-bond acceptors (Lipinski definition) is 3. The number of ether oxygens (including phenoxy) is 2. The number of amides is 2. The lowest BCUT2D eigenvalue weighted by Gasteiger charge is -2.20. The molecular weight excluding hydrogens is 256 g/mol. The normalized spacial score (nSPS) is 25.1. The predicted octanol–water partition coefficient (Wildman–Crippen LogP) is 2.01. The van der Waals surface area contributed by atoms with E-state index in [1.54, 1.807) is 0 Å². The second-order valence-corrected chi connectivity index (χ2v) is 6.63. The molecule has 0 radical (unpaired) electrons. The van der Waals surface area contributed by atoms with Crippen LogP contribution in [-0.2, 0) is 9.47 Å². The Labute approximate surface area is 122 Å². The van der Waals surface area contributed by atoms with Gasteiger partial charge in [0.05, 0.1) is 12.7 Å². The van der Waals surface area contributed by atoms with E-state index in [1.807, 2.05) is 4.90 Å². The van der Waals surface area contributed by atoms with Crippen LogP contribution >= 0.6 is 0 Å². The minimum absolute atomic E-state index is 0.0645. The van der Waals surface area contributed by atoms with Crippen molar-refractivity contribution < 1.29 is 14.3 Å². The Hall–Kier alpha value is -0.810. The quantitative estimate of drug-likeness (QED) is 0.759. The van der Waals surface area contributed by atoms with E-state index >= 15 is 0 Å². The van der Waals surface area contributed by atoms with E-state index in [4.69, 9.17) is 9.47 Å². The number of nitrogens with zero attached hydrogens (tertiary/aromatic N) is 1. The van der Waals surface area contributed by atoms with Crippen LogP contribution in [0, 0.1) is 5.41 Å². The predicted molar refractivity (Wildman–Crippen MR) is 77.8 cm³/mol. The topological polar surface area (TPSA) is 50.8 Å². The molecule has 2 rings (SSSR count). The summed E-state index contributed by atoms with van der Waals surface area (Å²) in [7, 11) is 0. The van der Waals surface area contributed by atoms with E-state index < -0.39 is 0 Å². The number of nitrogens with one attached hydrogen (secondary N) is 1. The number of carbonyl (C=O) groups is 1. The zero-order valence-electron chi connectivity index (χ0n) is 12.8. The van der Waals surface area contributed by atoms with E-state index in [1.165, 1.54) is 0 Å². The third kappa shape index (κ3) is 4.94. The largest absolute Gasteiger partial charge is 0.379 e. The van der Waals surface area contributed by atoms with Crippen LogP contribution in [0.2, 0.25) is 0 Å². The molecule has 0 aromatic rings. The van der Waals surface area contributed by atoms with Gasteiger partial charge in [-0.15, -0.1) is 0 Å². The van der Waals surface area contributed by atoms with Gasteiger partial charge in [-0.05, 0) is 31.1 Å². The molecule has 0 aromatic heterocycles. The SMILES string of the molecule is CC1(C)CCN(C(=O)NCCCOCC2CCCO2)C1. The van der Waals surface area contributed by atoms with E-state index in [2.05, 4.69) is 19.2 Å². The van der Waals surface area contributed by atoms with Crippen LogP contribution in [0.5, 0.6) is 0 Å². The lowest BCUT2D eigenvalue weighted by atomic mass is 9.93. The van der Waals surface area contributed by atoms with Gasteiger partial charge >= 0.3 is 6.03 Å². The van der Waals surface area contributed by atoms with Gasteiger partial charge in [0.25, 0.3) is 0 Å². The molecule has 1 atom stereocenters. The van der Waals surface area contributed by atoms with Crippen LogP contribution in [0.15, 0.2) is 0 Å². The first-order chi connectivity index (χ1) is 9.57. The Kier molecular flexibility index (Phi) is 5.66. The Morgan fingerprint density at radius 1 is 1.50 bits per heavy atom. The van der Waals surface area contributed by atoms with Crippen molar-refractivity contribution >= 4 is 6.03 Å². The molecule has 1 unspecified atom stereocenters. The van der Waals surface area contributed by atoms with Crippen molar-refractivity contribution in [1.29, 1.82) is 0 Å². The molecular formula is C15H28N2O3. The summed E-state index contributed by atoms with van der Waals surface area (Å²) in [5, 5.41) is 2.97. The third-order valence-electron chi connectivity index (χ3n) is 4.03. The molecule has 2 aliphatic heterocycles. The molecule has 0 aromatic carbocycles. The molecule has 0 saturated carbocycles.